The number of likely N-dealkylation sites (tertiary alicyclic amines) is 1. The Bertz CT molecular complexity index is 746. The number of nitrogens with zero attached hydrogens (tertiary/aromatic N) is 4. The second kappa shape index (κ2) is 11.0. The lowest BCUT2D eigenvalue weighted by atomic mass is 10.0. The molecule has 1 fully saturated rings. The topological polar surface area (TPSA) is 57.5 Å². The van der Waals surface area contributed by atoms with E-state index in [9.17, 15) is 0 Å². The SMILES string of the molecule is CCNC(=NCc1ccccc1Cn1cccn1)NCC(C(C)C)N1CCCC1. The predicted molar refractivity (Wildman–Crippen MR) is 120 cm³/mol. The van der Waals surface area contributed by atoms with Crippen LogP contribution < -0.4 is 10.6 Å². The molecule has 29 heavy (non-hydrogen) atoms. The lowest BCUT2D eigenvalue weighted by Gasteiger charge is -2.31. The second-order valence-corrected chi connectivity index (χ2v) is 8.10. The van der Waals surface area contributed by atoms with Crippen LogP contribution in [-0.4, -0.2) is 52.9 Å². The lowest BCUT2D eigenvalue weighted by molar-refractivity contribution is 0.192. The number of aliphatic imine (C=N–C) groups is 1. The summed E-state index contributed by atoms with van der Waals surface area (Å²) in [5, 5.41) is 11.3. The number of rotatable bonds is 9. The van der Waals surface area contributed by atoms with Gasteiger partial charge in [0.1, 0.15) is 0 Å². The lowest BCUT2D eigenvalue weighted by Crippen LogP contribution is -2.48. The van der Waals surface area contributed by atoms with Crippen molar-refractivity contribution < 1.29 is 0 Å². The zero-order chi connectivity index (χ0) is 20.5. The zero-order valence-electron chi connectivity index (χ0n) is 18.1. The molecule has 1 saturated heterocycles. The summed E-state index contributed by atoms with van der Waals surface area (Å²) in [6.07, 6.45) is 6.46. The van der Waals surface area contributed by atoms with Crippen LogP contribution in [0.2, 0.25) is 0 Å². The Labute approximate surface area is 175 Å². The molecule has 6 heteroatoms. The monoisotopic (exact) mass is 396 g/mol. The van der Waals surface area contributed by atoms with Crippen molar-refractivity contribution in [3.8, 4) is 0 Å². The van der Waals surface area contributed by atoms with Crippen molar-refractivity contribution in [2.75, 3.05) is 26.2 Å². The van der Waals surface area contributed by atoms with Gasteiger partial charge in [0.15, 0.2) is 5.96 Å². The molecule has 158 valence electrons. The van der Waals surface area contributed by atoms with Crippen molar-refractivity contribution >= 4 is 5.96 Å². The van der Waals surface area contributed by atoms with E-state index < -0.39 is 0 Å². The first-order chi connectivity index (χ1) is 14.2. The summed E-state index contributed by atoms with van der Waals surface area (Å²) in [7, 11) is 0. The van der Waals surface area contributed by atoms with E-state index in [2.05, 4.69) is 65.7 Å². The molecule has 0 aliphatic carbocycles. The van der Waals surface area contributed by atoms with Gasteiger partial charge in [-0.1, -0.05) is 38.1 Å². The van der Waals surface area contributed by atoms with Crippen molar-refractivity contribution in [3.05, 3.63) is 53.9 Å². The summed E-state index contributed by atoms with van der Waals surface area (Å²) in [5.41, 5.74) is 2.49. The molecule has 1 unspecified atom stereocenters. The quantitative estimate of drug-likeness (QED) is 0.505. The van der Waals surface area contributed by atoms with Crippen LogP contribution in [0.5, 0.6) is 0 Å². The summed E-state index contributed by atoms with van der Waals surface area (Å²) in [4.78, 5) is 7.50. The predicted octanol–water partition coefficient (Wildman–Crippen LogP) is 3.11. The number of hydrogen-bond acceptors (Lipinski definition) is 3. The normalized spacial score (nSPS) is 16.3. The van der Waals surface area contributed by atoms with Gasteiger partial charge in [-0.2, -0.15) is 5.10 Å². The van der Waals surface area contributed by atoms with Gasteiger partial charge in [-0.05, 0) is 56.0 Å². The van der Waals surface area contributed by atoms with Gasteiger partial charge in [0.25, 0.3) is 0 Å². The molecule has 2 heterocycles. The van der Waals surface area contributed by atoms with E-state index in [0.29, 0.717) is 18.5 Å². The van der Waals surface area contributed by atoms with Crippen LogP contribution in [0, 0.1) is 5.92 Å². The Hall–Kier alpha value is -2.34. The first-order valence-electron chi connectivity index (χ1n) is 11.0. The fourth-order valence-corrected chi connectivity index (χ4v) is 4.00. The largest absolute Gasteiger partial charge is 0.357 e. The van der Waals surface area contributed by atoms with Gasteiger partial charge in [0.05, 0.1) is 13.1 Å². The summed E-state index contributed by atoms with van der Waals surface area (Å²) in [6, 6.07) is 11.0. The van der Waals surface area contributed by atoms with Crippen LogP contribution in [0.3, 0.4) is 0 Å². The number of aromatic nitrogens is 2. The van der Waals surface area contributed by atoms with E-state index in [1.807, 2.05) is 23.1 Å². The minimum absolute atomic E-state index is 0.549. The molecule has 0 bridgehead atoms. The van der Waals surface area contributed by atoms with Gasteiger partial charge in [-0.25, -0.2) is 4.99 Å². The molecule has 3 rings (SSSR count). The molecule has 0 radical (unpaired) electrons. The molecule has 2 aromatic rings. The Kier molecular flexibility index (Phi) is 8.11. The highest BCUT2D eigenvalue weighted by Gasteiger charge is 2.24. The average Bonchev–Trinajstić information content (AvgIpc) is 3.41. The molecular formula is C23H36N6. The number of benzene rings is 1. The molecule has 0 saturated carbocycles. The maximum absolute atomic E-state index is 4.88. The summed E-state index contributed by atoms with van der Waals surface area (Å²) in [6.45, 7) is 12.4. The number of hydrogen-bond donors (Lipinski definition) is 2. The molecule has 0 amide bonds. The third kappa shape index (κ3) is 6.32. The summed E-state index contributed by atoms with van der Waals surface area (Å²) in [5.74, 6) is 1.52. The van der Waals surface area contributed by atoms with E-state index in [1.165, 1.54) is 37.1 Å². The molecule has 1 aliphatic rings. The number of nitrogens with one attached hydrogen (secondary N) is 2. The highest BCUT2D eigenvalue weighted by molar-refractivity contribution is 5.79. The van der Waals surface area contributed by atoms with E-state index in [0.717, 1.165) is 25.6 Å². The standard InChI is InChI=1S/C23H36N6/c1-4-24-23(26-17-22(19(2)3)28-13-7-8-14-28)25-16-20-10-5-6-11-21(20)18-29-15-9-12-27-29/h5-6,9-12,15,19,22H,4,7-8,13-14,16-18H2,1-3H3,(H2,24,25,26). The van der Waals surface area contributed by atoms with E-state index >= 15 is 0 Å². The van der Waals surface area contributed by atoms with Gasteiger partial charge < -0.3 is 10.6 Å². The zero-order valence-corrected chi connectivity index (χ0v) is 18.1. The van der Waals surface area contributed by atoms with Gasteiger partial charge in [-0.3, -0.25) is 9.58 Å². The van der Waals surface area contributed by atoms with Crippen molar-refractivity contribution in [3.63, 3.8) is 0 Å². The van der Waals surface area contributed by atoms with Gasteiger partial charge >= 0.3 is 0 Å². The van der Waals surface area contributed by atoms with Crippen LogP contribution in [0.15, 0.2) is 47.7 Å². The molecule has 2 N–H and O–H groups in total. The summed E-state index contributed by atoms with van der Waals surface area (Å²) >= 11 is 0. The van der Waals surface area contributed by atoms with Gasteiger partial charge in [0, 0.05) is 31.5 Å². The Balaban J connectivity index is 1.64. The third-order valence-electron chi connectivity index (χ3n) is 5.62. The fraction of sp³-hybridized carbons (Fsp3) is 0.565. The first kappa shape index (κ1) is 21.4. The molecule has 1 aromatic carbocycles. The Morgan fingerprint density at radius 1 is 1.10 bits per heavy atom. The van der Waals surface area contributed by atoms with Crippen LogP contribution >= 0.6 is 0 Å². The molecule has 6 nitrogen and oxygen atoms in total. The molecular weight excluding hydrogens is 360 g/mol. The van der Waals surface area contributed by atoms with E-state index in [1.54, 1.807) is 0 Å². The minimum atomic E-state index is 0.549. The van der Waals surface area contributed by atoms with Crippen molar-refractivity contribution in [2.45, 2.75) is 52.7 Å². The van der Waals surface area contributed by atoms with Crippen LogP contribution in [0.1, 0.15) is 44.7 Å². The maximum atomic E-state index is 4.88. The highest BCUT2D eigenvalue weighted by atomic mass is 15.3. The maximum Gasteiger partial charge on any atom is 0.191 e. The molecule has 1 atom stereocenters. The first-order valence-corrected chi connectivity index (χ1v) is 11.0. The fourth-order valence-electron chi connectivity index (χ4n) is 4.00. The second-order valence-electron chi connectivity index (χ2n) is 8.10. The van der Waals surface area contributed by atoms with Gasteiger partial charge in [0.2, 0.25) is 0 Å². The Morgan fingerprint density at radius 2 is 1.86 bits per heavy atom. The van der Waals surface area contributed by atoms with Crippen LogP contribution in [-0.2, 0) is 13.1 Å². The van der Waals surface area contributed by atoms with Crippen molar-refractivity contribution in [1.82, 2.24) is 25.3 Å². The van der Waals surface area contributed by atoms with Crippen LogP contribution in [0.4, 0.5) is 0 Å². The molecule has 1 aliphatic heterocycles. The summed E-state index contributed by atoms with van der Waals surface area (Å²) < 4.78 is 1.95. The third-order valence-corrected chi connectivity index (χ3v) is 5.62. The smallest absolute Gasteiger partial charge is 0.191 e. The van der Waals surface area contributed by atoms with Gasteiger partial charge in [-0.15, -0.1) is 0 Å². The molecule has 1 aromatic heterocycles. The average molecular weight is 397 g/mol. The van der Waals surface area contributed by atoms with Crippen molar-refractivity contribution in [1.29, 1.82) is 0 Å². The molecule has 0 spiro atoms. The minimum Gasteiger partial charge on any atom is -0.357 e. The van der Waals surface area contributed by atoms with E-state index in [4.69, 9.17) is 4.99 Å². The highest BCUT2D eigenvalue weighted by Crippen LogP contribution is 2.17. The van der Waals surface area contributed by atoms with E-state index in [-0.39, 0.29) is 0 Å². The Morgan fingerprint density at radius 3 is 2.52 bits per heavy atom. The van der Waals surface area contributed by atoms with Crippen molar-refractivity contribution in [2.24, 2.45) is 10.9 Å². The van der Waals surface area contributed by atoms with Crippen LogP contribution in [0.25, 0.3) is 0 Å². The number of guanidine groups is 1.